The Labute approximate surface area is 169 Å². The van der Waals surface area contributed by atoms with Crippen LogP contribution in [0.2, 0.25) is 0 Å². The first-order valence-corrected chi connectivity index (χ1v) is 9.87. The van der Waals surface area contributed by atoms with Crippen LogP contribution >= 0.6 is 35.3 Å². The first-order chi connectivity index (χ1) is 11.2. The molecule has 1 aromatic heterocycles. The summed E-state index contributed by atoms with van der Waals surface area (Å²) in [6.07, 6.45) is 3.42. The molecule has 0 aliphatic rings. The van der Waals surface area contributed by atoms with E-state index in [2.05, 4.69) is 60.7 Å². The van der Waals surface area contributed by atoms with Gasteiger partial charge >= 0.3 is 0 Å². The fourth-order valence-electron chi connectivity index (χ4n) is 2.52. The summed E-state index contributed by atoms with van der Waals surface area (Å²) in [7, 11) is 0. The maximum atomic E-state index is 4.69. The highest BCUT2D eigenvalue weighted by Crippen LogP contribution is 2.08. The lowest BCUT2D eigenvalue weighted by Gasteiger charge is -2.21. The predicted octanol–water partition coefficient (Wildman–Crippen LogP) is 3.97. The van der Waals surface area contributed by atoms with E-state index < -0.39 is 0 Å². The molecule has 0 aliphatic carbocycles. The molecule has 0 radical (unpaired) electrons. The van der Waals surface area contributed by atoms with Crippen LogP contribution in [0, 0.1) is 0 Å². The maximum absolute atomic E-state index is 4.69. The largest absolute Gasteiger partial charge is 0.357 e. The summed E-state index contributed by atoms with van der Waals surface area (Å²) >= 11 is 1.81. The molecule has 0 saturated carbocycles. The van der Waals surface area contributed by atoms with E-state index in [0.717, 1.165) is 38.6 Å². The van der Waals surface area contributed by atoms with Gasteiger partial charge in [0.05, 0.1) is 0 Å². The zero-order chi connectivity index (χ0) is 16.9. The molecule has 1 heterocycles. The van der Waals surface area contributed by atoms with Crippen molar-refractivity contribution in [2.45, 2.75) is 53.0 Å². The van der Waals surface area contributed by atoms with Crippen LogP contribution in [0.25, 0.3) is 0 Å². The number of nitrogens with one attached hydrogen (secondary N) is 2. The van der Waals surface area contributed by atoms with E-state index in [1.807, 2.05) is 0 Å². The molecular formula is C18H35IN4S. The lowest BCUT2D eigenvalue weighted by molar-refractivity contribution is 0.292. The van der Waals surface area contributed by atoms with Gasteiger partial charge in [-0.25, -0.2) is 0 Å². The summed E-state index contributed by atoms with van der Waals surface area (Å²) in [6.45, 7) is 14.0. The van der Waals surface area contributed by atoms with Crippen LogP contribution < -0.4 is 10.6 Å². The monoisotopic (exact) mass is 466 g/mol. The van der Waals surface area contributed by atoms with E-state index in [4.69, 9.17) is 4.99 Å². The van der Waals surface area contributed by atoms with E-state index in [-0.39, 0.29) is 24.0 Å². The number of hydrogen-bond donors (Lipinski definition) is 2. The molecule has 140 valence electrons. The highest BCUT2D eigenvalue weighted by molar-refractivity contribution is 14.0. The number of rotatable bonds is 11. The number of guanidine groups is 1. The molecule has 1 aromatic rings. The van der Waals surface area contributed by atoms with Crippen LogP contribution in [0.5, 0.6) is 0 Å². The van der Waals surface area contributed by atoms with Crippen LogP contribution in [0.1, 0.15) is 45.4 Å². The third-order valence-corrected chi connectivity index (χ3v) is 4.88. The third kappa shape index (κ3) is 10.5. The van der Waals surface area contributed by atoms with E-state index in [1.54, 1.807) is 11.3 Å². The summed E-state index contributed by atoms with van der Waals surface area (Å²) in [5.41, 5.74) is 0. The Morgan fingerprint density at radius 3 is 2.62 bits per heavy atom. The third-order valence-electron chi connectivity index (χ3n) is 3.94. The SMILES string of the molecule is CCNC(=NCCc1cccs1)NC(C)CCCN(CC)CC.I. The fraction of sp³-hybridized carbons (Fsp3) is 0.722. The molecule has 1 rings (SSSR count). The van der Waals surface area contributed by atoms with Gasteiger partial charge in [0.15, 0.2) is 5.96 Å². The zero-order valence-electron chi connectivity index (χ0n) is 15.7. The summed E-state index contributed by atoms with van der Waals surface area (Å²) < 4.78 is 0. The van der Waals surface area contributed by atoms with Crippen LogP contribution in [-0.4, -0.2) is 49.6 Å². The highest BCUT2D eigenvalue weighted by atomic mass is 127. The molecule has 6 heteroatoms. The van der Waals surface area contributed by atoms with Gasteiger partial charge < -0.3 is 15.5 Å². The summed E-state index contributed by atoms with van der Waals surface area (Å²) in [4.78, 5) is 8.57. The second-order valence-corrected chi connectivity index (χ2v) is 6.84. The molecule has 0 amide bonds. The van der Waals surface area contributed by atoms with Gasteiger partial charge in [-0.2, -0.15) is 0 Å². The van der Waals surface area contributed by atoms with E-state index in [0.29, 0.717) is 6.04 Å². The Morgan fingerprint density at radius 1 is 1.29 bits per heavy atom. The minimum atomic E-state index is 0. The molecule has 24 heavy (non-hydrogen) atoms. The number of halogens is 1. The van der Waals surface area contributed by atoms with Crippen molar-refractivity contribution in [2.24, 2.45) is 4.99 Å². The zero-order valence-corrected chi connectivity index (χ0v) is 18.8. The minimum absolute atomic E-state index is 0. The van der Waals surface area contributed by atoms with Crippen LogP contribution in [0.4, 0.5) is 0 Å². The van der Waals surface area contributed by atoms with Gasteiger partial charge in [-0.15, -0.1) is 35.3 Å². The Kier molecular flexibility index (Phi) is 14.7. The Balaban J connectivity index is 0.00000529. The number of aliphatic imine (C=N–C) groups is 1. The van der Waals surface area contributed by atoms with Gasteiger partial charge in [-0.1, -0.05) is 19.9 Å². The normalized spacial score (nSPS) is 12.8. The molecule has 0 fully saturated rings. The first-order valence-electron chi connectivity index (χ1n) is 8.99. The molecule has 0 spiro atoms. The van der Waals surface area contributed by atoms with Crippen molar-refractivity contribution in [2.75, 3.05) is 32.7 Å². The molecule has 4 nitrogen and oxygen atoms in total. The van der Waals surface area contributed by atoms with Crippen LogP contribution in [-0.2, 0) is 6.42 Å². The minimum Gasteiger partial charge on any atom is -0.357 e. The Morgan fingerprint density at radius 2 is 2.04 bits per heavy atom. The molecule has 0 saturated heterocycles. The van der Waals surface area contributed by atoms with E-state index >= 15 is 0 Å². The van der Waals surface area contributed by atoms with Crippen molar-refractivity contribution >= 4 is 41.3 Å². The van der Waals surface area contributed by atoms with Crippen LogP contribution in [0.3, 0.4) is 0 Å². The van der Waals surface area contributed by atoms with Crippen molar-refractivity contribution in [3.05, 3.63) is 22.4 Å². The quantitative estimate of drug-likeness (QED) is 0.295. The van der Waals surface area contributed by atoms with Crippen molar-refractivity contribution < 1.29 is 0 Å². The second kappa shape index (κ2) is 15.0. The average molecular weight is 466 g/mol. The highest BCUT2D eigenvalue weighted by Gasteiger charge is 2.06. The molecule has 0 bridgehead atoms. The van der Waals surface area contributed by atoms with Gasteiger partial charge in [0.1, 0.15) is 0 Å². The average Bonchev–Trinajstić information content (AvgIpc) is 3.05. The molecule has 2 N–H and O–H groups in total. The van der Waals surface area contributed by atoms with Crippen molar-refractivity contribution in [1.29, 1.82) is 0 Å². The number of hydrogen-bond acceptors (Lipinski definition) is 3. The summed E-state index contributed by atoms with van der Waals surface area (Å²) in [5, 5.41) is 9.00. The van der Waals surface area contributed by atoms with Crippen molar-refractivity contribution in [3.8, 4) is 0 Å². The summed E-state index contributed by atoms with van der Waals surface area (Å²) in [5.74, 6) is 0.944. The van der Waals surface area contributed by atoms with Gasteiger partial charge in [-0.3, -0.25) is 4.99 Å². The fourth-order valence-corrected chi connectivity index (χ4v) is 3.22. The lowest BCUT2D eigenvalue weighted by atomic mass is 10.2. The predicted molar refractivity (Wildman–Crippen MR) is 119 cm³/mol. The maximum Gasteiger partial charge on any atom is 0.191 e. The van der Waals surface area contributed by atoms with Gasteiger partial charge in [0.2, 0.25) is 0 Å². The Bertz CT molecular complexity index is 419. The lowest BCUT2D eigenvalue weighted by Crippen LogP contribution is -2.42. The van der Waals surface area contributed by atoms with E-state index in [1.165, 1.54) is 24.3 Å². The van der Waals surface area contributed by atoms with Crippen LogP contribution in [0.15, 0.2) is 22.5 Å². The Hall–Kier alpha value is -0.340. The van der Waals surface area contributed by atoms with Crippen molar-refractivity contribution in [3.63, 3.8) is 0 Å². The molecule has 1 unspecified atom stereocenters. The molecule has 0 aliphatic heterocycles. The van der Waals surface area contributed by atoms with E-state index in [9.17, 15) is 0 Å². The molecule has 0 aromatic carbocycles. The molecule has 1 atom stereocenters. The topological polar surface area (TPSA) is 39.7 Å². The summed E-state index contributed by atoms with van der Waals surface area (Å²) in [6, 6.07) is 4.73. The molecular weight excluding hydrogens is 431 g/mol. The first kappa shape index (κ1) is 23.7. The van der Waals surface area contributed by atoms with Crippen molar-refractivity contribution in [1.82, 2.24) is 15.5 Å². The van der Waals surface area contributed by atoms with Gasteiger partial charge in [0, 0.05) is 30.4 Å². The number of thiophene rings is 1. The second-order valence-electron chi connectivity index (χ2n) is 5.80. The smallest absolute Gasteiger partial charge is 0.191 e. The van der Waals surface area contributed by atoms with Gasteiger partial charge in [0.25, 0.3) is 0 Å². The number of nitrogens with zero attached hydrogens (tertiary/aromatic N) is 2. The standard InChI is InChI=1S/C18H34N4S.HI/c1-5-19-18(20-13-12-17-11-9-15-23-17)21-16(4)10-8-14-22(6-2)7-3;/h9,11,15-16H,5-8,10,12-14H2,1-4H3,(H2,19,20,21);1H. The van der Waals surface area contributed by atoms with Gasteiger partial charge in [-0.05, 0) is 57.8 Å².